The Morgan fingerprint density at radius 2 is 2.29 bits per heavy atom. The van der Waals surface area contributed by atoms with Crippen molar-refractivity contribution in [2.24, 2.45) is 5.92 Å². The van der Waals surface area contributed by atoms with Gasteiger partial charge in [-0.2, -0.15) is 0 Å². The Kier molecular flexibility index (Phi) is 2.36. The zero-order valence-corrected chi connectivity index (χ0v) is 7.54. The van der Waals surface area contributed by atoms with Gasteiger partial charge in [-0.05, 0) is 24.9 Å². The summed E-state index contributed by atoms with van der Waals surface area (Å²) in [5.74, 6) is 1.03. The summed E-state index contributed by atoms with van der Waals surface area (Å²) in [6.45, 7) is 0. The van der Waals surface area contributed by atoms with E-state index in [1.54, 1.807) is 0 Å². The smallest absolute Gasteiger partial charge is 0.0141 e. The topological polar surface area (TPSA) is 0 Å². The molecule has 0 aromatic rings. The van der Waals surface area contributed by atoms with Crippen LogP contribution in [0.1, 0.15) is 12.8 Å². The van der Waals surface area contributed by atoms with E-state index in [2.05, 4.69) is 31.8 Å². The molecule has 0 aromatic heterocycles. The van der Waals surface area contributed by atoms with Crippen molar-refractivity contribution >= 4 is 31.8 Å². The number of hydrogen-bond donors (Lipinski definition) is 0. The summed E-state index contributed by atoms with van der Waals surface area (Å²) in [7, 11) is 2.81. The Labute approximate surface area is 60.8 Å². The average Bonchev–Trinajstić information content (AvgIpc) is 1.65. The van der Waals surface area contributed by atoms with Crippen LogP contribution in [0.4, 0.5) is 0 Å². The lowest BCUT2D eigenvalue weighted by atomic mass is 9.87. The molecule has 0 bridgehead atoms. The molecule has 2 heteroatoms. The molecule has 1 fully saturated rings. The van der Waals surface area contributed by atoms with Gasteiger partial charge in [0.1, 0.15) is 0 Å². The van der Waals surface area contributed by atoms with Gasteiger partial charge >= 0.3 is 0 Å². The molecule has 1 aliphatic rings. The molecule has 3 atom stereocenters. The molecule has 0 aliphatic heterocycles. The SMILES string of the molecule is PCC1CCC1I. The lowest BCUT2D eigenvalue weighted by Gasteiger charge is -2.30. The van der Waals surface area contributed by atoms with Crippen LogP contribution in [0.3, 0.4) is 0 Å². The highest BCUT2D eigenvalue weighted by Gasteiger charge is 2.25. The van der Waals surface area contributed by atoms with E-state index in [4.69, 9.17) is 0 Å². The van der Waals surface area contributed by atoms with E-state index in [0.29, 0.717) is 0 Å². The highest BCUT2D eigenvalue weighted by atomic mass is 127. The van der Waals surface area contributed by atoms with Gasteiger partial charge in [0.25, 0.3) is 0 Å². The number of hydrogen-bond acceptors (Lipinski definition) is 0. The third-order valence-corrected chi connectivity index (χ3v) is 3.87. The van der Waals surface area contributed by atoms with Crippen molar-refractivity contribution in [2.45, 2.75) is 16.8 Å². The van der Waals surface area contributed by atoms with E-state index < -0.39 is 0 Å². The zero-order chi connectivity index (χ0) is 5.28. The van der Waals surface area contributed by atoms with Crippen molar-refractivity contribution in [3.8, 4) is 0 Å². The molecule has 0 amide bonds. The van der Waals surface area contributed by atoms with E-state index in [1.165, 1.54) is 19.0 Å². The highest BCUT2D eigenvalue weighted by molar-refractivity contribution is 14.1. The Bertz CT molecular complexity index is 63.1. The summed E-state index contributed by atoms with van der Waals surface area (Å²) in [6, 6.07) is 0. The minimum Gasteiger partial charge on any atom is -0.137 e. The lowest BCUT2D eigenvalue weighted by Crippen LogP contribution is -2.26. The maximum Gasteiger partial charge on any atom is 0.0141 e. The van der Waals surface area contributed by atoms with Crippen molar-refractivity contribution in [3.63, 3.8) is 0 Å². The first-order valence-corrected chi connectivity index (χ1v) is 4.75. The lowest BCUT2D eigenvalue weighted by molar-refractivity contribution is 0.384. The molecule has 0 saturated heterocycles. The summed E-state index contributed by atoms with van der Waals surface area (Å²) in [5, 5.41) is 0. The summed E-state index contributed by atoms with van der Waals surface area (Å²) in [6.07, 6.45) is 4.24. The van der Waals surface area contributed by atoms with Gasteiger partial charge in [0.2, 0.25) is 0 Å². The second-order valence-electron chi connectivity index (χ2n) is 2.09. The summed E-state index contributed by atoms with van der Waals surface area (Å²) >= 11 is 2.54. The number of rotatable bonds is 1. The standard InChI is InChI=1S/C5H10IP/c6-5-2-1-4(5)3-7/h4-5H,1-3,7H2. The molecule has 1 rings (SSSR count). The third-order valence-electron chi connectivity index (χ3n) is 1.63. The second kappa shape index (κ2) is 2.63. The molecule has 0 N–H and O–H groups in total. The molecule has 0 nitrogen and oxygen atoms in total. The van der Waals surface area contributed by atoms with Crippen LogP contribution in [0.15, 0.2) is 0 Å². The fourth-order valence-corrected chi connectivity index (χ4v) is 2.92. The molecule has 1 aliphatic carbocycles. The van der Waals surface area contributed by atoms with E-state index >= 15 is 0 Å². The second-order valence-corrected chi connectivity index (χ2v) is 4.16. The first kappa shape index (κ1) is 6.28. The van der Waals surface area contributed by atoms with E-state index in [0.717, 1.165) is 9.84 Å². The van der Waals surface area contributed by atoms with Crippen molar-refractivity contribution in [3.05, 3.63) is 0 Å². The quantitative estimate of drug-likeness (QED) is 0.366. The molecule has 0 spiro atoms. The zero-order valence-electron chi connectivity index (χ0n) is 4.23. The summed E-state index contributed by atoms with van der Waals surface area (Å²) in [4.78, 5) is 0. The van der Waals surface area contributed by atoms with Crippen LogP contribution in [0.2, 0.25) is 0 Å². The van der Waals surface area contributed by atoms with Gasteiger partial charge in [-0.1, -0.05) is 22.6 Å². The maximum atomic E-state index is 2.81. The molecule has 1 saturated carbocycles. The van der Waals surface area contributed by atoms with Crippen molar-refractivity contribution in [2.75, 3.05) is 6.16 Å². The third kappa shape index (κ3) is 1.29. The Morgan fingerprint density at radius 1 is 1.57 bits per heavy atom. The first-order valence-electron chi connectivity index (χ1n) is 2.68. The molecule has 42 valence electrons. The van der Waals surface area contributed by atoms with Gasteiger partial charge in [0.15, 0.2) is 0 Å². The average molecular weight is 228 g/mol. The molecule has 0 heterocycles. The Hall–Kier alpha value is 1.16. The van der Waals surface area contributed by atoms with Gasteiger partial charge in [-0.25, -0.2) is 0 Å². The fourth-order valence-electron chi connectivity index (χ4n) is 0.794. The van der Waals surface area contributed by atoms with Gasteiger partial charge in [-0.15, -0.1) is 9.24 Å². The molecule has 3 unspecified atom stereocenters. The minimum atomic E-state index is 0.995. The van der Waals surface area contributed by atoms with Crippen LogP contribution in [-0.4, -0.2) is 10.1 Å². The predicted molar refractivity (Wildman–Crippen MR) is 45.1 cm³/mol. The largest absolute Gasteiger partial charge is 0.137 e. The number of halogens is 1. The molecular formula is C5H10IP. The molecule has 0 aromatic carbocycles. The monoisotopic (exact) mass is 228 g/mol. The minimum absolute atomic E-state index is 0.995. The highest BCUT2D eigenvalue weighted by Crippen LogP contribution is 2.35. The van der Waals surface area contributed by atoms with Crippen LogP contribution >= 0.6 is 31.8 Å². The predicted octanol–water partition coefficient (Wildman–Crippen LogP) is 2.08. The van der Waals surface area contributed by atoms with Crippen LogP contribution in [-0.2, 0) is 0 Å². The van der Waals surface area contributed by atoms with E-state index in [9.17, 15) is 0 Å². The van der Waals surface area contributed by atoms with E-state index in [1.807, 2.05) is 0 Å². The summed E-state index contributed by atoms with van der Waals surface area (Å²) in [5.41, 5.74) is 0. The van der Waals surface area contributed by atoms with Crippen LogP contribution < -0.4 is 0 Å². The summed E-state index contributed by atoms with van der Waals surface area (Å²) < 4.78 is 0.995. The van der Waals surface area contributed by atoms with Crippen molar-refractivity contribution < 1.29 is 0 Å². The van der Waals surface area contributed by atoms with Gasteiger partial charge < -0.3 is 0 Å². The van der Waals surface area contributed by atoms with Gasteiger partial charge in [-0.3, -0.25) is 0 Å². The van der Waals surface area contributed by atoms with Crippen molar-refractivity contribution in [1.29, 1.82) is 0 Å². The van der Waals surface area contributed by atoms with Crippen LogP contribution in [0, 0.1) is 5.92 Å². The van der Waals surface area contributed by atoms with E-state index in [-0.39, 0.29) is 0 Å². The normalized spacial score (nSPS) is 40.3. The number of alkyl halides is 1. The van der Waals surface area contributed by atoms with Gasteiger partial charge in [0, 0.05) is 3.92 Å². The maximum absolute atomic E-state index is 2.81. The van der Waals surface area contributed by atoms with Crippen molar-refractivity contribution in [1.82, 2.24) is 0 Å². The molecule has 0 radical (unpaired) electrons. The van der Waals surface area contributed by atoms with Gasteiger partial charge in [0.05, 0.1) is 0 Å². The Balaban J connectivity index is 2.16. The first-order chi connectivity index (χ1) is 3.34. The molecular weight excluding hydrogens is 218 g/mol. The molecule has 7 heavy (non-hydrogen) atoms. The Morgan fingerprint density at radius 3 is 2.29 bits per heavy atom. The van der Waals surface area contributed by atoms with Crippen LogP contribution in [0.25, 0.3) is 0 Å². The van der Waals surface area contributed by atoms with Crippen LogP contribution in [0.5, 0.6) is 0 Å². The fraction of sp³-hybridized carbons (Fsp3) is 1.00.